The van der Waals surface area contributed by atoms with E-state index in [1.165, 1.54) is 0 Å². The summed E-state index contributed by atoms with van der Waals surface area (Å²) in [6.45, 7) is 3.12. The van der Waals surface area contributed by atoms with Gasteiger partial charge in [-0.25, -0.2) is 4.98 Å². The van der Waals surface area contributed by atoms with Crippen LogP contribution < -0.4 is 11.1 Å². The van der Waals surface area contributed by atoms with Crippen molar-refractivity contribution in [3.63, 3.8) is 0 Å². The van der Waals surface area contributed by atoms with E-state index in [0.29, 0.717) is 5.92 Å². The van der Waals surface area contributed by atoms with Gasteiger partial charge in [0, 0.05) is 19.3 Å². The highest BCUT2D eigenvalue weighted by Gasteiger charge is 1.99. The summed E-state index contributed by atoms with van der Waals surface area (Å²) in [5.41, 5.74) is 5.44. The molecule has 0 radical (unpaired) electrons. The molecule has 5 heteroatoms. The summed E-state index contributed by atoms with van der Waals surface area (Å²) in [6, 6.07) is 1.78. The fraction of sp³-hybridized carbons (Fsp3) is 0.600. The van der Waals surface area contributed by atoms with E-state index in [2.05, 4.69) is 15.3 Å². The molecule has 0 amide bonds. The van der Waals surface area contributed by atoms with Crippen LogP contribution in [0, 0.1) is 5.92 Å². The third-order valence-corrected chi connectivity index (χ3v) is 2.17. The fourth-order valence-corrected chi connectivity index (χ4v) is 1.23. The molecule has 0 aromatic carbocycles. The lowest BCUT2D eigenvalue weighted by Gasteiger charge is -2.08. The number of rotatable bonds is 6. The van der Waals surface area contributed by atoms with E-state index in [-0.39, 0.29) is 12.6 Å². The van der Waals surface area contributed by atoms with Crippen molar-refractivity contribution in [3.05, 3.63) is 12.3 Å². The van der Waals surface area contributed by atoms with Crippen molar-refractivity contribution in [2.75, 3.05) is 24.2 Å². The topological polar surface area (TPSA) is 84.1 Å². The molecule has 0 aliphatic heterocycles. The molecule has 0 fully saturated rings. The molecule has 1 unspecified atom stereocenters. The van der Waals surface area contributed by atoms with Crippen LogP contribution in [0.25, 0.3) is 0 Å². The molecule has 15 heavy (non-hydrogen) atoms. The predicted octanol–water partition coefficient (Wildman–Crippen LogP) is 0.879. The third-order valence-electron chi connectivity index (χ3n) is 2.17. The van der Waals surface area contributed by atoms with Gasteiger partial charge in [0.05, 0.1) is 0 Å². The number of nitrogen functional groups attached to an aromatic ring is 1. The lowest BCUT2D eigenvalue weighted by Crippen LogP contribution is -2.08. The summed E-state index contributed by atoms with van der Waals surface area (Å²) < 4.78 is 0. The van der Waals surface area contributed by atoms with Gasteiger partial charge in [0.15, 0.2) is 0 Å². The molecular weight excluding hydrogens is 192 g/mol. The summed E-state index contributed by atoms with van der Waals surface area (Å²) in [7, 11) is 0. The second-order valence-electron chi connectivity index (χ2n) is 3.66. The van der Waals surface area contributed by atoms with Gasteiger partial charge in [0.25, 0.3) is 0 Å². The number of nitrogens with zero attached hydrogens (tertiary/aromatic N) is 2. The van der Waals surface area contributed by atoms with E-state index < -0.39 is 0 Å². The second kappa shape index (κ2) is 6.19. The number of aliphatic hydroxyl groups is 1. The van der Waals surface area contributed by atoms with Gasteiger partial charge >= 0.3 is 0 Å². The van der Waals surface area contributed by atoms with Gasteiger partial charge in [-0.3, -0.25) is 0 Å². The maximum atomic E-state index is 8.83. The summed E-state index contributed by atoms with van der Waals surface area (Å²) >= 11 is 0. The first kappa shape index (κ1) is 11.7. The molecule has 0 aliphatic rings. The molecule has 84 valence electrons. The monoisotopic (exact) mass is 210 g/mol. The number of nitrogens with two attached hydrogens (primary N) is 1. The highest BCUT2D eigenvalue weighted by atomic mass is 16.3. The Bertz CT molecular complexity index is 293. The van der Waals surface area contributed by atoms with Gasteiger partial charge in [-0.15, -0.1) is 0 Å². The number of nitrogens with one attached hydrogen (secondary N) is 1. The number of hydrogen-bond donors (Lipinski definition) is 3. The standard InChI is InChI=1S/C10H18N4O/c1-8(7-15)3-2-5-12-9-4-6-13-10(11)14-9/h4,6,8,15H,2-3,5,7H2,1H3,(H3,11,12,13,14). The predicted molar refractivity (Wildman–Crippen MR) is 60.4 cm³/mol. The molecular formula is C10H18N4O. The smallest absolute Gasteiger partial charge is 0.221 e. The van der Waals surface area contributed by atoms with E-state index in [0.717, 1.165) is 25.2 Å². The first-order valence-electron chi connectivity index (χ1n) is 5.15. The molecule has 0 spiro atoms. The van der Waals surface area contributed by atoms with Crippen LogP contribution in [0.3, 0.4) is 0 Å². The van der Waals surface area contributed by atoms with Gasteiger partial charge in [-0.2, -0.15) is 4.98 Å². The molecule has 1 rings (SSSR count). The molecule has 4 N–H and O–H groups in total. The average molecular weight is 210 g/mol. The Kier molecular flexibility index (Phi) is 4.83. The van der Waals surface area contributed by atoms with E-state index in [9.17, 15) is 0 Å². The van der Waals surface area contributed by atoms with Crippen molar-refractivity contribution in [1.29, 1.82) is 0 Å². The van der Waals surface area contributed by atoms with Crippen LogP contribution in [0.4, 0.5) is 11.8 Å². The Morgan fingerprint density at radius 2 is 2.40 bits per heavy atom. The zero-order chi connectivity index (χ0) is 11.1. The van der Waals surface area contributed by atoms with Crippen LogP contribution in [-0.4, -0.2) is 28.2 Å². The van der Waals surface area contributed by atoms with Crippen LogP contribution in [0.2, 0.25) is 0 Å². The molecule has 1 aromatic heterocycles. The van der Waals surface area contributed by atoms with E-state index in [4.69, 9.17) is 10.8 Å². The van der Waals surface area contributed by atoms with Crippen molar-refractivity contribution >= 4 is 11.8 Å². The van der Waals surface area contributed by atoms with Crippen LogP contribution in [0.15, 0.2) is 12.3 Å². The molecule has 0 saturated carbocycles. The summed E-state index contributed by atoms with van der Waals surface area (Å²) in [4.78, 5) is 7.82. The van der Waals surface area contributed by atoms with Gasteiger partial charge in [-0.1, -0.05) is 6.92 Å². The SMILES string of the molecule is CC(CO)CCCNc1ccnc(N)n1. The van der Waals surface area contributed by atoms with Gasteiger partial charge in [-0.05, 0) is 24.8 Å². The van der Waals surface area contributed by atoms with Crippen LogP contribution >= 0.6 is 0 Å². The molecule has 1 atom stereocenters. The molecule has 0 bridgehead atoms. The number of aliphatic hydroxyl groups excluding tert-OH is 1. The van der Waals surface area contributed by atoms with Crippen molar-refractivity contribution in [1.82, 2.24) is 9.97 Å². The Hall–Kier alpha value is -1.36. The Morgan fingerprint density at radius 3 is 3.07 bits per heavy atom. The molecule has 0 aliphatic carbocycles. The summed E-state index contributed by atoms with van der Waals surface area (Å²) in [5, 5.41) is 12.0. The summed E-state index contributed by atoms with van der Waals surface area (Å²) in [6.07, 6.45) is 3.64. The Morgan fingerprint density at radius 1 is 1.60 bits per heavy atom. The van der Waals surface area contributed by atoms with Gasteiger partial charge in [0.2, 0.25) is 5.95 Å². The van der Waals surface area contributed by atoms with Gasteiger partial charge < -0.3 is 16.2 Å². The number of aromatic nitrogens is 2. The zero-order valence-corrected chi connectivity index (χ0v) is 8.98. The maximum Gasteiger partial charge on any atom is 0.221 e. The minimum absolute atomic E-state index is 0.250. The normalized spacial score (nSPS) is 12.4. The Balaban J connectivity index is 2.20. The van der Waals surface area contributed by atoms with E-state index >= 15 is 0 Å². The third kappa shape index (κ3) is 4.60. The minimum atomic E-state index is 0.250. The van der Waals surface area contributed by atoms with Crippen molar-refractivity contribution in [2.45, 2.75) is 19.8 Å². The highest BCUT2D eigenvalue weighted by molar-refractivity contribution is 5.36. The minimum Gasteiger partial charge on any atom is -0.396 e. The van der Waals surface area contributed by atoms with Crippen LogP contribution in [0.5, 0.6) is 0 Å². The fourth-order valence-electron chi connectivity index (χ4n) is 1.23. The number of hydrogen-bond acceptors (Lipinski definition) is 5. The Labute approximate surface area is 89.7 Å². The van der Waals surface area contributed by atoms with Crippen molar-refractivity contribution in [3.8, 4) is 0 Å². The molecule has 5 nitrogen and oxygen atoms in total. The highest BCUT2D eigenvalue weighted by Crippen LogP contribution is 2.06. The quantitative estimate of drug-likeness (QED) is 0.607. The average Bonchev–Trinajstić information content (AvgIpc) is 2.24. The zero-order valence-electron chi connectivity index (χ0n) is 8.98. The molecule has 0 saturated heterocycles. The first-order chi connectivity index (χ1) is 7.22. The van der Waals surface area contributed by atoms with Crippen LogP contribution in [0.1, 0.15) is 19.8 Å². The first-order valence-corrected chi connectivity index (χ1v) is 5.15. The largest absolute Gasteiger partial charge is 0.396 e. The van der Waals surface area contributed by atoms with E-state index in [1.807, 2.05) is 6.92 Å². The lowest BCUT2D eigenvalue weighted by atomic mass is 10.1. The molecule has 1 aromatic rings. The summed E-state index contributed by atoms with van der Waals surface area (Å²) in [5.74, 6) is 1.39. The van der Waals surface area contributed by atoms with E-state index in [1.54, 1.807) is 12.3 Å². The number of anilines is 2. The van der Waals surface area contributed by atoms with Crippen LogP contribution in [-0.2, 0) is 0 Å². The molecule has 1 heterocycles. The maximum absolute atomic E-state index is 8.83. The second-order valence-corrected chi connectivity index (χ2v) is 3.66. The van der Waals surface area contributed by atoms with Gasteiger partial charge in [0.1, 0.15) is 5.82 Å². The van der Waals surface area contributed by atoms with Crippen molar-refractivity contribution in [2.24, 2.45) is 5.92 Å². The lowest BCUT2D eigenvalue weighted by molar-refractivity contribution is 0.229. The van der Waals surface area contributed by atoms with Crippen molar-refractivity contribution < 1.29 is 5.11 Å².